The molecule has 2 aliphatic rings. The number of benzene rings is 1. The zero-order chi connectivity index (χ0) is 17.6. The molecule has 1 atom stereocenters. The lowest BCUT2D eigenvalue weighted by Crippen LogP contribution is -2.42. The highest BCUT2D eigenvalue weighted by molar-refractivity contribution is 5.82. The number of ether oxygens (including phenoxy) is 2. The fraction of sp³-hybridized carbons (Fsp3) is 0.579. The molecule has 2 aliphatic heterocycles. The molecule has 2 amide bonds. The van der Waals surface area contributed by atoms with Gasteiger partial charge in [-0.15, -0.1) is 0 Å². The van der Waals surface area contributed by atoms with Crippen molar-refractivity contribution in [2.45, 2.75) is 31.8 Å². The number of amides is 2. The van der Waals surface area contributed by atoms with Gasteiger partial charge in [0.15, 0.2) is 0 Å². The van der Waals surface area contributed by atoms with Gasteiger partial charge in [0, 0.05) is 32.8 Å². The lowest BCUT2D eigenvalue weighted by Gasteiger charge is -2.24. The number of methoxy groups -OCH3 is 1. The minimum Gasteiger partial charge on any atom is -0.497 e. The molecule has 2 fully saturated rings. The first-order valence-electron chi connectivity index (χ1n) is 8.98. The molecule has 1 aromatic rings. The van der Waals surface area contributed by atoms with E-state index in [2.05, 4.69) is 0 Å². The molecule has 1 aromatic carbocycles. The van der Waals surface area contributed by atoms with Crippen molar-refractivity contribution < 1.29 is 19.1 Å². The number of hydrogen-bond donors (Lipinski definition) is 0. The van der Waals surface area contributed by atoms with E-state index < -0.39 is 0 Å². The van der Waals surface area contributed by atoms with Crippen molar-refractivity contribution >= 4 is 11.8 Å². The van der Waals surface area contributed by atoms with Crippen molar-refractivity contribution in [2.24, 2.45) is 0 Å². The molecular formula is C19H26N2O4. The number of carbonyl (C=O) groups excluding carboxylic acids is 2. The smallest absolute Gasteiger partial charge is 0.251 e. The summed E-state index contributed by atoms with van der Waals surface area (Å²) in [5, 5.41) is 0. The summed E-state index contributed by atoms with van der Waals surface area (Å²) in [6.45, 7) is 3.24. The van der Waals surface area contributed by atoms with E-state index in [0.29, 0.717) is 39.2 Å². The van der Waals surface area contributed by atoms with Crippen LogP contribution in [0.4, 0.5) is 0 Å². The first kappa shape index (κ1) is 17.7. The monoisotopic (exact) mass is 346 g/mol. The van der Waals surface area contributed by atoms with Gasteiger partial charge in [0.2, 0.25) is 5.91 Å². The fourth-order valence-corrected chi connectivity index (χ4v) is 3.43. The van der Waals surface area contributed by atoms with E-state index in [-0.39, 0.29) is 17.9 Å². The van der Waals surface area contributed by atoms with Gasteiger partial charge in [-0.25, -0.2) is 0 Å². The van der Waals surface area contributed by atoms with Crippen LogP contribution < -0.4 is 4.74 Å². The Hall–Kier alpha value is -2.08. The van der Waals surface area contributed by atoms with Crippen LogP contribution in [0.2, 0.25) is 0 Å². The SMILES string of the molecule is COc1cccc(CC(=O)N2CCCN(C(=O)C3CCCO3)CC2)c1. The molecule has 25 heavy (non-hydrogen) atoms. The Labute approximate surface area is 148 Å². The normalized spacial score (nSPS) is 21.1. The van der Waals surface area contributed by atoms with Gasteiger partial charge in [0.1, 0.15) is 11.9 Å². The van der Waals surface area contributed by atoms with Crippen LogP contribution in [0.25, 0.3) is 0 Å². The van der Waals surface area contributed by atoms with E-state index in [4.69, 9.17) is 9.47 Å². The summed E-state index contributed by atoms with van der Waals surface area (Å²) in [5.74, 6) is 0.939. The highest BCUT2D eigenvalue weighted by Gasteiger charge is 2.30. The molecule has 3 rings (SSSR count). The van der Waals surface area contributed by atoms with Gasteiger partial charge < -0.3 is 19.3 Å². The Kier molecular flexibility index (Phi) is 5.91. The third kappa shape index (κ3) is 4.51. The van der Waals surface area contributed by atoms with Crippen LogP contribution in [0, 0.1) is 0 Å². The summed E-state index contributed by atoms with van der Waals surface area (Å²) in [6.07, 6.45) is 2.65. The summed E-state index contributed by atoms with van der Waals surface area (Å²) < 4.78 is 10.7. The molecule has 6 heteroatoms. The molecule has 0 N–H and O–H groups in total. The lowest BCUT2D eigenvalue weighted by atomic mass is 10.1. The maximum absolute atomic E-state index is 12.6. The minimum atomic E-state index is -0.279. The highest BCUT2D eigenvalue weighted by atomic mass is 16.5. The maximum Gasteiger partial charge on any atom is 0.251 e. The first-order valence-corrected chi connectivity index (χ1v) is 8.98. The van der Waals surface area contributed by atoms with E-state index in [9.17, 15) is 9.59 Å². The third-order valence-electron chi connectivity index (χ3n) is 4.85. The zero-order valence-corrected chi connectivity index (χ0v) is 14.8. The number of rotatable bonds is 4. The number of carbonyl (C=O) groups is 2. The zero-order valence-electron chi connectivity index (χ0n) is 14.8. The lowest BCUT2D eigenvalue weighted by molar-refractivity contribution is -0.141. The minimum absolute atomic E-state index is 0.0830. The van der Waals surface area contributed by atoms with Gasteiger partial charge in [-0.2, -0.15) is 0 Å². The molecule has 0 spiro atoms. The van der Waals surface area contributed by atoms with Crippen molar-refractivity contribution in [1.82, 2.24) is 9.80 Å². The van der Waals surface area contributed by atoms with Gasteiger partial charge in [0.25, 0.3) is 5.91 Å². The molecular weight excluding hydrogens is 320 g/mol. The summed E-state index contributed by atoms with van der Waals surface area (Å²) in [6, 6.07) is 7.59. The fourth-order valence-electron chi connectivity index (χ4n) is 3.43. The second-order valence-corrected chi connectivity index (χ2v) is 6.59. The van der Waals surface area contributed by atoms with Crippen molar-refractivity contribution in [2.75, 3.05) is 39.9 Å². The average Bonchev–Trinajstić information content (AvgIpc) is 3.05. The molecule has 136 valence electrons. The molecule has 2 heterocycles. The van der Waals surface area contributed by atoms with Crippen LogP contribution in [0.15, 0.2) is 24.3 Å². The van der Waals surface area contributed by atoms with E-state index in [1.807, 2.05) is 34.1 Å². The molecule has 0 radical (unpaired) electrons. The Balaban J connectivity index is 1.54. The van der Waals surface area contributed by atoms with Gasteiger partial charge >= 0.3 is 0 Å². The molecule has 6 nitrogen and oxygen atoms in total. The molecule has 0 saturated carbocycles. The Bertz CT molecular complexity index is 613. The summed E-state index contributed by atoms with van der Waals surface area (Å²) >= 11 is 0. The topological polar surface area (TPSA) is 59.1 Å². The van der Waals surface area contributed by atoms with Crippen molar-refractivity contribution in [3.63, 3.8) is 0 Å². The van der Waals surface area contributed by atoms with Crippen LogP contribution in [0.1, 0.15) is 24.8 Å². The van der Waals surface area contributed by atoms with Crippen molar-refractivity contribution in [1.29, 1.82) is 0 Å². The largest absolute Gasteiger partial charge is 0.497 e. The molecule has 0 bridgehead atoms. The van der Waals surface area contributed by atoms with Gasteiger partial charge in [-0.3, -0.25) is 9.59 Å². The average molecular weight is 346 g/mol. The summed E-state index contributed by atoms with van der Waals surface area (Å²) in [5.41, 5.74) is 0.945. The van der Waals surface area contributed by atoms with E-state index >= 15 is 0 Å². The van der Waals surface area contributed by atoms with Gasteiger partial charge in [-0.1, -0.05) is 12.1 Å². The highest BCUT2D eigenvalue weighted by Crippen LogP contribution is 2.17. The third-order valence-corrected chi connectivity index (χ3v) is 4.85. The van der Waals surface area contributed by atoms with E-state index in [1.54, 1.807) is 7.11 Å². The Morgan fingerprint density at radius 2 is 1.96 bits per heavy atom. The van der Waals surface area contributed by atoms with E-state index in [1.165, 1.54) is 0 Å². The summed E-state index contributed by atoms with van der Waals surface area (Å²) in [4.78, 5) is 28.8. The quantitative estimate of drug-likeness (QED) is 0.829. The van der Waals surface area contributed by atoms with Gasteiger partial charge in [0.05, 0.1) is 13.5 Å². The second-order valence-electron chi connectivity index (χ2n) is 6.59. The molecule has 1 unspecified atom stereocenters. The van der Waals surface area contributed by atoms with Crippen LogP contribution in [-0.4, -0.2) is 67.6 Å². The van der Waals surface area contributed by atoms with Crippen LogP contribution in [0.3, 0.4) is 0 Å². The standard InChI is InChI=1S/C19H26N2O4/c1-24-16-6-2-5-15(13-16)14-18(22)20-8-4-9-21(11-10-20)19(23)17-7-3-12-25-17/h2,5-6,13,17H,3-4,7-12,14H2,1H3. The van der Waals surface area contributed by atoms with Crippen LogP contribution >= 0.6 is 0 Å². The number of hydrogen-bond acceptors (Lipinski definition) is 4. The van der Waals surface area contributed by atoms with Gasteiger partial charge in [-0.05, 0) is 37.0 Å². The molecule has 0 aliphatic carbocycles. The van der Waals surface area contributed by atoms with Crippen LogP contribution in [0.5, 0.6) is 5.75 Å². The van der Waals surface area contributed by atoms with Crippen molar-refractivity contribution in [3.05, 3.63) is 29.8 Å². The predicted octanol–water partition coefficient (Wildman–Crippen LogP) is 1.48. The first-order chi connectivity index (χ1) is 12.2. The summed E-state index contributed by atoms with van der Waals surface area (Å²) in [7, 11) is 1.62. The predicted molar refractivity (Wildman–Crippen MR) is 93.4 cm³/mol. The van der Waals surface area contributed by atoms with Crippen LogP contribution in [-0.2, 0) is 20.7 Å². The molecule has 2 saturated heterocycles. The number of nitrogens with zero attached hydrogens (tertiary/aromatic N) is 2. The van der Waals surface area contributed by atoms with Crippen molar-refractivity contribution in [3.8, 4) is 5.75 Å². The Morgan fingerprint density at radius 1 is 1.16 bits per heavy atom. The van der Waals surface area contributed by atoms with E-state index in [0.717, 1.165) is 30.6 Å². The maximum atomic E-state index is 12.6. The Morgan fingerprint density at radius 3 is 2.72 bits per heavy atom. The second kappa shape index (κ2) is 8.34. The molecule has 0 aromatic heterocycles.